The Morgan fingerprint density at radius 3 is 2.65 bits per heavy atom. The van der Waals surface area contributed by atoms with E-state index in [1.807, 2.05) is 14.0 Å². The fraction of sp³-hybridized carbons (Fsp3) is 0.588. The predicted molar refractivity (Wildman–Crippen MR) is 87.6 cm³/mol. The highest BCUT2D eigenvalue weighted by Gasteiger charge is 2.19. The molecule has 1 fully saturated rings. The third kappa shape index (κ3) is 5.89. The number of ether oxygens (including phenoxy) is 1. The number of likely N-dealkylation sites (N-methyl/N-ethyl adjacent to an activating group) is 1. The average molecular weight is 323 g/mol. The van der Waals surface area contributed by atoms with Crippen molar-refractivity contribution in [3.63, 3.8) is 0 Å². The molecule has 0 radical (unpaired) electrons. The van der Waals surface area contributed by atoms with Gasteiger partial charge in [-0.05, 0) is 31.7 Å². The molecule has 5 nitrogen and oxygen atoms in total. The zero-order valence-corrected chi connectivity index (χ0v) is 13.9. The Labute approximate surface area is 137 Å². The highest BCUT2D eigenvalue weighted by molar-refractivity contribution is 5.81. The van der Waals surface area contributed by atoms with Crippen molar-refractivity contribution in [3.8, 4) is 0 Å². The average Bonchev–Trinajstić information content (AvgIpc) is 2.59. The fourth-order valence-electron chi connectivity index (χ4n) is 2.46. The summed E-state index contributed by atoms with van der Waals surface area (Å²) in [5.41, 5.74) is 0.892. The van der Waals surface area contributed by atoms with Gasteiger partial charge in [-0.1, -0.05) is 12.1 Å². The molecule has 1 amide bonds. The molecule has 1 atom stereocenters. The summed E-state index contributed by atoms with van der Waals surface area (Å²) in [5.74, 6) is -0.282. The summed E-state index contributed by atoms with van der Waals surface area (Å²) in [6, 6.07) is 5.97. The van der Waals surface area contributed by atoms with Crippen molar-refractivity contribution < 1.29 is 13.9 Å². The van der Waals surface area contributed by atoms with Gasteiger partial charge < -0.3 is 10.1 Å². The standard InChI is InChI=1S/C17H26FN3O2/c1-14(20(2)7-8-21-9-11-23-12-10-21)17(22)19-13-15-3-5-16(18)6-4-15/h3-6,14H,7-13H2,1-2H3,(H,19,22). The van der Waals surface area contributed by atoms with E-state index in [4.69, 9.17) is 4.74 Å². The van der Waals surface area contributed by atoms with E-state index in [9.17, 15) is 9.18 Å². The topological polar surface area (TPSA) is 44.8 Å². The molecule has 1 aliphatic rings. The van der Waals surface area contributed by atoms with Crippen LogP contribution >= 0.6 is 0 Å². The molecular formula is C17H26FN3O2. The van der Waals surface area contributed by atoms with Crippen LogP contribution in [0.15, 0.2) is 24.3 Å². The number of halogens is 1. The summed E-state index contributed by atoms with van der Waals surface area (Å²) in [6.07, 6.45) is 0. The molecule has 128 valence electrons. The number of benzene rings is 1. The van der Waals surface area contributed by atoms with Gasteiger partial charge in [0.05, 0.1) is 19.3 Å². The molecule has 0 aromatic heterocycles. The number of amides is 1. The van der Waals surface area contributed by atoms with Crippen LogP contribution in [0.3, 0.4) is 0 Å². The lowest BCUT2D eigenvalue weighted by atomic mass is 10.2. The second-order valence-electron chi connectivity index (χ2n) is 5.95. The van der Waals surface area contributed by atoms with E-state index in [1.54, 1.807) is 12.1 Å². The highest BCUT2D eigenvalue weighted by atomic mass is 19.1. The molecule has 1 saturated heterocycles. The molecule has 23 heavy (non-hydrogen) atoms. The first-order valence-electron chi connectivity index (χ1n) is 8.09. The Morgan fingerprint density at radius 1 is 1.35 bits per heavy atom. The van der Waals surface area contributed by atoms with Crippen molar-refractivity contribution >= 4 is 5.91 Å². The molecule has 6 heteroatoms. The van der Waals surface area contributed by atoms with Crippen LogP contribution in [0.4, 0.5) is 4.39 Å². The maximum Gasteiger partial charge on any atom is 0.237 e. The van der Waals surface area contributed by atoms with Crippen LogP contribution in [-0.2, 0) is 16.1 Å². The SMILES string of the molecule is CC(C(=O)NCc1ccc(F)cc1)N(C)CCN1CCOCC1. The first-order chi connectivity index (χ1) is 11.1. The summed E-state index contributed by atoms with van der Waals surface area (Å²) in [6.45, 7) is 7.59. The Kier molecular flexibility index (Phi) is 6.95. The molecule has 1 unspecified atom stereocenters. The largest absolute Gasteiger partial charge is 0.379 e. The smallest absolute Gasteiger partial charge is 0.237 e. The third-order valence-corrected chi connectivity index (χ3v) is 4.29. The molecule has 2 rings (SSSR count). The maximum absolute atomic E-state index is 12.9. The lowest BCUT2D eigenvalue weighted by molar-refractivity contribution is -0.125. The van der Waals surface area contributed by atoms with Gasteiger partial charge in [0.15, 0.2) is 0 Å². The zero-order valence-electron chi connectivity index (χ0n) is 13.9. The molecule has 1 aromatic carbocycles. The molecule has 0 aliphatic carbocycles. The summed E-state index contributed by atoms with van der Waals surface area (Å²) < 4.78 is 18.2. The number of rotatable bonds is 7. The molecule has 0 bridgehead atoms. The number of nitrogens with one attached hydrogen (secondary N) is 1. The van der Waals surface area contributed by atoms with Crippen molar-refractivity contribution in [2.24, 2.45) is 0 Å². The molecular weight excluding hydrogens is 297 g/mol. The molecule has 1 N–H and O–H groups in total. The maximum atomic E-state index is 12.9. The van der Waals surface area contributed by atoms with Crippen molar-refractivity contribution in [3.05, 3.63) is 35.6 Å². The van der Waals surface area contributed by atoms with Gasteiger partial charge in [-0.2, -0.15) is 0 Å². The van der Waals surface area contributed by atoms with E-state index in [0.29, 0.717) is 6.54 Å². The minimum absolute atomic E-state index is 0.0150. The number of hydrogen-bond donors (Lipinski definition) is 1. The normalized spacial score (nSPS) is 17.2. The van der Waals surface area contributed by atoms with E-state index in [-0.39, 0.29) is 17.8 Å². The van der Waals surface area contributed by atoms with Crippen molar-refractivity contribution in [2.75, 3.05) is 46.4 Å². The van der Waals surface area contributed by atoms with Gasteiger partial charge in [-0.15, -0.1) is 0 Å². The Morgan fingerprint density at radius 2 is 2.00 bits per heavy atom. The van der Waals surface area contributed by atoms with Crippen LogP contribution in [0, 0.1) is 5.82 Å². The first kappa shape index (κ1) is 17.8. The van der Waals surface area contributed by atoms with E-state index < -0.39 is 0 Å². The molecule has 0 spiro atoms. The second-order valence-corrected chi connectivity index (χ2v) is 5.95. The van der Waals surface area contributed by atoms with Crippen LogP contribution in [0.25, 0.3) is 0 Å². The number of nitrogens with zero attached hydrogens (tertiary/aromatic N) is 2. The van der Waals surface area contributed by atoms with Gasteiger partial charge in [0.25, 0.3) is 0 Å². The van der Waals surface area contributed by atoms with E-state index in [1.165, 1.54) is 12.1 Å². The Balaban J connectivity index is 1.71. The minimum Gasteiger partial charge on any atom is -0.379 e. The van der Waals surface area contributed by atoms with Gasteiger partial charge >= 0.3 is 0 Å². The van der Waals surface area contributed by atoms with Gasteiger partial charge in [-0.25, -0.2) is 4.39 Å². The second kappa shape index (κ2) is 8.96. The third-order valence-electron chi connectivity index (χ3n) is 4.29. The van der Waals surface area contributed by atoms with Gasteiger partial charge in [0.2, 0.25) is 5.91 Å². The van der Waals surface area contributed by atoms with Crippen LogP contribution < -0.4 is 5.32 Å². The monoisotopic (exact) mass is 323 g/mol. The highest BCUT2D eigenvalue weighted by Crippen LogP contribution is 2.04. The quantitative estimate of drug-likeness (QED) is 0.816. The summed E-state index contributed by atoms with van der Waals surface area (Å²) in [4.78, 5) is 16.6. The van der Waals surface area contributed by atoms with Crippen LogP contribution in [0.2, 0.25) is 0 Å². The van der Waals surface area contributed by atoms with E-state index in [0.717, 1.165) is 45.0 Å². The van der Waals surface area contributed by atoms with E-state index in [2.05, 4.69) is 15.1 Å². The van der Waals surface area contributed by atoms with Gasteiger partial charge in [0.1, 0.15) is 5.82 Å². The number of morpholine rings is 1. The number of hydrogen-bond acceptors (Lipinski definition) is 4. The predicted octanol–water partition coefficient (Wildman–Crippen LogP) is 1.09. The lowest BCUT2D eigenvalue weighted by Gasteiger charge is -2.30. The zero-order chi connectivity index (χ0) is 16.7. The van der Waals surface area contributed by atoms with Crippen molar-refractivity contribution in [1.82, 2.24) is 15.1 Å². The molecule has 1 heterocycles. The van der Waals surface area contributed by atoms with Gasteiger partial charge in [0, 0.05) is 32.7 Å². The first-order valence-corrected chi connectivity index (χ1v) is 8.09. The summed E-state index contributed by atoms with van der Waals surface area (Å²) >= 11 is 0. The number of carbonyl (C=O) groups is 1. The number of carbonyl (C=O) groups excluding carboxylic acids is 1. The van der Waals surface area contributed by atoms with Crippen molar-refractivity contribution in [2.45, 2.75) is 19.5 Å². The molecule has 1 aromatic rings. The van der Waals surface area contributed by atoms with E-state index >= 15 is 0 Å². The fourth-order valence-corrected chi connectivity index (χ4v) is 2.46. The lowest BCUT2D eigenvalue weighted by Crippen LogP contribution is -2.47. The minimum atomic E-state index is -0.267. The Bertz CT molecular complexity index is 489. The summed E-state index contributed by atoms with van der Waals surface area (Å²) in [7, 11) is 1.96. The van der Waals surface area contributed by atoms with Crippen LogP contribution in [0.1, 0.15) is 12.5 Å². The molecule has 0 saturated carbocycles. The van der Waals surface area contributed by atoms with Crippen LogP contribution in [0.5, 0.6) is 0 Å². The van der Waals surface area contributed by atoms with Crippen molar-refractivity contribution in [1.29, 1.82) is 0 Å². The molecule has 1 aliphatic heterocycles. The van der Waals surface area contributed by atoms with Gasteiger partial charge in [-0.3, -0.25) is 14.6 Å². The van der Waals surface area contributed by atoms with Crippen LogP contribution in [-0.4, -0.2) is 68.2 Å². The Hall–Kier alpha value is -1.50. The summed E-state index contributed by atoms with van der Waals surface area (Å²) in [5, 5.41) is 2.90.